The van der Waals surface area contributed by atoms with Gasteiger partial charge in [-0.3, -0.25) is 9.59 Å². The summed E-state index contributed by atoms with van der Waals surface area (Å²) in [7, 11) is 0. The van der Waals surface area contributed by atoms with E-state index >= 15 is 0 Å². The number of likely N-dealkylation sites (tertiary alicyclic amines) is 1. The Balaban J connectivity index is 1.29. The highest BCUT2D eigenvalue weighted by molar-refractivity contribution is 5.79. The molecule has 28 heavy (non-hydrogen) atoms. The number of nitrogens with one attached hydrogen (secondary N) is 1. The summed E-state index contributed by atoms with van der Waals surface area (Å²) in [5, 5.41) is 21.9. The molecular weight excluding hydrogens is 358 g/mol. The van der Waals surface area contributed by atoms with Crippen molar-refractivity contribution in [2.45, 2.75) is 57.2 Å². The maximum Gasteiger partial charge on any atom is 0.243 e. The Morgan fingerprint density at radius 3 is 2.39 bits per heavy atom. The van der Waals surface area contributed by atoms with E-state index in [9.17, 15) is 14.7 Å². The van der Waals surface area contributed by atoms with Gasteiger partial charge in [0.2, 0.25) is 11.8 Å². The number of aliphatic hydroxyl groups excluding tert-OH is 1. The molecule has 2 heterocycles. The van der Waals surface area contributed by atoms with Gasteiger partial charge < -0.3 is 15.3 Å². The molecule has 2 amide bonds. The van der Waals surface area contributed by atoms with Gasteiger partial charge in [0.15, 0.2) is 0 Å². The SMILES string of the molecule is O=C(Cn1nc2ccccc2n1)N[C@H]1CC[C@H](C(=O)N2CCCCC2)C[C@@H]1O. The second-order valence-corrected chi connectivity index (χ2v) is 7.86. The number of carbonyl (C=O) groups is 2. The Morgan fingerprint density at radius 1 is 1.07 bits per heavy atom. The molecule has 1 aromatic heterocycles. The largest absolute Gasteiger partial charge is 0.391 e. The van der Waals surface area contributed by atoms with Gasteiger partial charge in [-0.2, -0.15) is 15.0 Å². The number of aromatic nitrogens is 3. The zero-order chi connectivity index (χ0) is 19.5. The Labute approximate surface area is 163 Å². The van der Waals surface area contributed by atoms with E-state index in [0.29, 0.717) is 19.3 Å². The lowest BCUT2D eigenvalue weighted by atomic mass is 9.82. The van der Waals surface area contributed by atoms with E-state index in [0.717, 1.165) is 37.0 Å². The fourth-order valence-electron chi connectivity index (χ4n) is 4.27. The minimum atomic E-state index is -0.707. The molecule has 3 atom stereocenters. The maximum atomic E-state index is 12.7. The molecule has 1 saturated heterocycles. The molecule has 2 aromatic rings. The number of nitrogens with zero attached hydrogens (tertiary/aromatic N) is 4. The number of rotatable bonds is 4. The summed E-state index contributed by atoms with van der Waals surface area (Å²) in [6, 6.07) is 7.12. The predicted molar refractivity (Wildman–Crippen MR) is 103 cm³/mol. The molecule has 150 valence electrons. The second-order valence-electron chi connectivity index (χ2n) is 7.86. The quantitative estimate of drug-likeness (QED) is 0.821. The average Bonchev–Trinajstić information content (AvgIpc) is 3.11. The van der Waals surface area contributed by atoms with Crippen molar-refractivity contribution in [3.63, 3.8) is 0 Å². The fourth-order valence-corrected chi connectivity index (χ4v) is 4.27. The van der Waals surface area contributed by atoms with E-state index < -0.39 is 6.10 Å². The number of aliphatic hydroxyl groups is 1. The topological polar surface area (TPSA) is 100 Å². The van der Waals surface area contributed by atoms with Gasteiger partial charge in [-0.05, 0) is 50.7 Å². The minimum absolute atomic E-state index is 0.00797. The van der Waals surface area contributed by atoms with Gasteiger partial charge in [0, 0.05) is 19.0 Å². The second kappa shape index (κ2) is 8.26. The van der Waals surface area contributed by atoms with Crippen molar-refractivity contribution in [2.75, 3.05) is 13.1 Å². The van der Waals surface area contributed by atoms with Crippen LogP contribution in [0.4, 0.5) is 0 Å². The van der Waals surface area contributed by atoms with Crippen LogP contribution in [0, 0.1) is 5.92 Å². The van der Waals surface area contributed by atoms with E-state index in [1.165, 1.54) is 11.2 Å². The summed E-state index contributed by atoms with van der Waals surface area (Å²) >= 11 is 0. The molecule has 8 nitrogen and oxygen atoms in total. The predicted octanol–water partition coefficient (Wildman–Crippen LogP) is 1.09. The molecule has 2 fully saturated rings. The van der Waals surface area contributed by atoms with Gasteiger partial charge in [-0.15, -0.1) is 0 Å². The molecule has 8 heteroatoms. The summed E-state index contributed by atoms with van der Waals surface area (Å²) < 4.78 is 0. The molecule has 4 rings (SSSR count). The number of benzene rings is 1. The molecule has 1 saturated carbocycles. The third-order valence-corrected chi connectivity index (χ3v) is 5.79. The summed E-state index contributed by atoms with van der Waals surface area (Å²) in [6.07, 6.45) is 4.32. The normalized spacial score (nSPS) is 25.6. The molecular formula is C20H27N5O3. The fraction of sp³-hybridized carbons (Fsp3) is 0.600. The van der Waals surface area contributed by atoms with Gasteiger partial charge in [0.05, 0.1) is 12.1 Å². The Morgan fingerprint density at radius 2 is 1.75 bits per heavy atom. The lowest BCUT2D eigenvalue weighted by Gasteiger charge is -2.36. The van der Waals surface area contributed by atoms with Crippen molar-refractivity contribution in [2.24, 2.45) is 5.92 Å². The van der Waals surface area contributed by atoms with E-state index in [-0.39, 0.29) is 30.3 Å². The first-order valence-electron chi connectivity index (χ1n) is 10.2. The van der Waals surface area contributed by atoms with Gasteiger partial charge in [-0.25, -0.2) is 0 Å². The molecule has 0 bridgehead atoms. The number of hydrogen-bond acceptors (Lipinski definition) is 5. The summed E-state index contributed by atoms with van der Waals surface area (Å²) in [4.78, 5) is 28.3. The van der Waals surface area contributed by atoms with Gasteiger partial charge in [-0.1, -0.05) is 12.1 Å². The maximum absolute atomic E-state index is 12.7. The first-order chi connectivity index (χ1) is 13.6. The van der Waals surface area contributed by atoms with Crippen LogP contribution < -0.4 is 5.32 Å². The van der Waals surface area contributed by atoms with Gasteiger partial charge in [0.1, 0.15) is 17.6 Å². The van der Waals surface area contributed by atoms with E-state index in [1.807, 2.05) is 29.2 Å². The molecule has 1 aromatic carbocycles. The van der Waals surface area contributed by atoms with Crippen molar-refractivity contribution < 1.29 is 14.7 Å². The van der Waals surface area contributed by atoms with Crippen LogP contribution in [0.15, 0.2) is 24.3 Å². The van der Waals surface area contributed by atoms with Crippen LogP contribution in [-0.2, 0) is 16.1 Å². The zero-order valence-electron chi connectivity index (χ0n) is 16.0. The standard InChI is InChI=1S/C20H27N5O3/c26-18-12-14(20(28)24-10-4-1-5-11-24)8-9-17(18)21-19(27)13-25-22-15-6-2-3-7-16(15)23-25/h2-3,6-7,14,17-18,26H,1,4-5,8-13H2,(H,21,27)/t14-,17-,18-/m0/s1. The van der Waals surface area contributed by atoms with Crippen molar-refractivity contribution in [3.8, 4) is 0 Å². The van der Waals surface area contributed by atoms with Crippen LogP contribution >= 0.6 is 0 Å². The van der Waals surface area contributed by atoms with Crippen molar-refractivity contribution in [3.05, 3.63) is 24.3 Å². The summed E-state index contributed by atoms with van der Waals surface area (Å²) in [5.41, 5.74) is 1.49. The van der Waals surface area contributed by atoms with Gasteiger partial charge in [0.25, 0.3) is 0 Å². The van der Waals surface area contributed by atoms with Crippen LogP contribution in [0.3, 0.4) is 0 Å². The van der Waals surface area contributed by atoms with E-state index in [1.54, 1.807) is 0 Å². The van der Waals surface area contributed by atoms with E-state index in [2.05, 4.69) is 15.5 Å². The first kappa shape index (κ1) is 18.9. The monoisotopic (exact) mass is 385 g/mol. The molecule has 2 aliphatic rings. The van der Waals surface area contributed by atoms with Crippen LogP contribution in [0.1, 0.15) is 38.5 Å². The number of amides is 2. The van der Waals surface area contributed by atoms with Crippen molar-refractivity contribution >= 4 is 22.8 Å². The minimum Gasteiger partial charge on any atom is -0.391 e. The highest BCUT2D eigenvalue weighted by atomic mass is 16.3. The first-order valence-corrected chi connectivity index (χ1v) is 10.2. The van der Waals surface area contributed by atoms with Crippen molar-refractivity contribution in [1.82, 2.24) is 25.2 Å². The Bertz CT molecular complexity index is 812. The Hall–Kier alpha value is -2.48. The summed E-state index contributed by atoms with van der Waals surface area (Å²) in [6.45, 7) is 1.67. The smallest absolute Gasteiger partial charge is 0.243 e. The van der Waals surface area contributed by atoms with E-state index in [4.69, 9.17) is 0 Å². The molecule has 0 unspecified atom stereocenters. The molecule has 0 radical (unpaired) electrons. The van der Waals surface area contributed by atoms with Crippen LogP contribution in [0.2, 0.25) is 0 Å². The van der Waals surface area contributed by atoms with Crippen LogP contribution in [0.5, 0.6) is 0 Å². The number of hydrogen-bond donors (Lipinski definition) is 2. The molecule has 2 N–H and O–H groups in total. The molecule has 0 spiro atoms. The van der Waals surface area contributed by atoms with Gasteiger partial charge >= 0.3 is 0 Å². The Kier molecular flexibility index (Phi) is 5.57. The lowest BCUT2D eigenvalue weighted by Crippen LogP contribution is -2.50. The highest BCUT2D eigenvalue weighted by Gasteiger charge is 2.35. The van der Waals surface area contributed by atoms with Crippen molar-refractivity contribution in [1.29, 1.82) is 0 Å². The summed E-state index contributed by atoms with van der Waals surface area (Å²) in [5.74, 6) is -0.208. The third kappa shape index (κ3) is 4.16. The lowest BCUT2D eigenvalue weighted by molar-refractivity contribution is -0.139. The number of fused-ring (bicyclic) bond motifs is 1. The molecule has 1 aliphatic heterocycles. The number of carbonyl (C=O) groups excluding carboxylic acids is 2. The average molecular weight is 385 g/mol. The molecule has 1 aliphatic carbocycles. The van der Waals surface area contributed by atoms with Crippen LogP contribution in [0.25, 0.3) is 11.0 Å². The zero-order valence-corrected chi connectivity index (χ0v) is 16.0. The third-order valence-electron chi connectivity index (χ3n) is 5.79. The number of piperidine rings is 1. The van der Waals surface area contributed by atoms with Crippen LogP contribution in [-0.4, -0.2) is 62.0 Å². The highest BCUT2D eigenvalue weighted by Crippen LogP contribution is 2.27.